The lowest BCUT2D eigenvalue weighted by Crippen LogP contribution is -1.90. The zero-order chi connectivity index (χ0) is 10.4. The minimum atomic E-state index is -0.810. The number of hydrogen-bond donors (Lipinski definition) is 1. The monoisotopic (exact) mass is 212 g/mol. The molecule has 0 bridgehead atoms. The molecule has 1 heterocycles. The summed E-state index contributed by atoms with van der Waals surface area (Å²) in [5, 5.41) is 10.7. The van der Waals surface area contributed by atoms with Gasteiger partial charge in [-0.15, -0.1) is 11.3 Å². The van der Waals surface area contributed by atoms with Crippen LogP contribution in [0.4, 0.5) is 0 Å². The lowest BCUT2D eigenvalue weighted by molar-refractivity contribution is 0.0702. The van der Waals surface area contributed by atoms with Gasteiger partial charge >= 0.3 is 5.97 Å². The zero-order valence-electron chi connectivity index (χ0n) is 8.45. The summed E-state index contributed by atoms with van der Waals surface area (Å²) < 4.78 is 0. The van der Waals surface area contributed by atoms with Gasteiger partial charge < -0.3 is 5.11 Å². The molecule has 0 aliphatic carbocycles. The van der Waals surface area contributed by atoms with Crippen molar-refractivity contribution in [1.29, 1.82) is 0 Å². The largest absolute Gasteiger partial charge is 0.477 e. The Morgan fingerprint density at radius 3 is 2.79 bits per heavy atom. The molecule has 0 aliphatic heterocycles. The van der Waals surface area contributed by atoms with Crippen LogP contribution in [0.5, 0.6) is 0 Å². The van der Waals surface area contributed by atoms with Crippen molar-refractivity contribution in [2.45, 2.75) is 39.0 Å². The molecule has 1 rings (SSSR count). The Balaban J connectivity index is 2.33. The van der Waals surface area contributed by atoms with E-state index in [-0.39, 0.29) is 0 Å². The molecule has 0 fully saturated rings. The van der Waals surface area contributed by atoms with Crippen LogP contribution in [-0.2, 0) is 6.42 Å². The van der Waals surface area contributed by atoms with Crippen LogP contribution in [0.2, 0.25) is 0 Å². The first kappa shape index (κ1) is 11.2. The number of carboxylic acids is 1. The molecule has 2 nitrogen and oxygen atoms in total. The van der Waals surface area contributed by atoms with Gasteiger partial charge in [0.15, 0.2) is 0 Å². The number of aromatic carboxylic acids is 1. The average Bonchev–Trinajstić information content (AvgIpc) is 2.61. The number of hydrogen-bond acceptors (Lipinski definition) is 2. The first-order chi connectivity index (χ1) is 6.74. The van der Waals surface area contributed by atoms with E-state index in [0.717, 1.165) is 6.42 Å². The van der Waals surface area contributed by atoms with Gasteiger partial charge in [-0.2, -0.15) is 0 Å². The van der Waals surface area contributed by atoms with Crippen molar-refractivity contribution in [3.8, 4) is 0 Å². The van der Waals surface area contributed by atoms with Gasteiger partial charge in [-0.25, -0.2) is 4.79 Å². The van der Waals surface area contributed by atoms with Crippen molar-refractivity contribution in [3.05, 3.63) is 21.9 Å². The number of carboxylic acid groups (broad SMARTS) is 1. The van der Waals surface area contributed by atoms with E-state index in [4.69, 9.17) is 5.11 Å². The minimum absolute atomic E-state index is 0.454. The quantitative estimate of drug-likeness (QED) is 0.732. The van der Waals surface area contributed by atoms with Crippen LogP contribution in [0.3, 0.4) is 0 Å². The first-order valence-corrected chi connectivity index (χ1v) is 5.92. The molecule has 1 N–H and O–H groups in total. The molecule has 0 spiro atoms. The molecule has 1 aromatic rings. The third-order valence-corrected chi connectivity index (χ3v) is 3.15. The summed E-state index contributed by atoms with van der Waals surface area (Å²) in [5.74, 6) is -0.810. The minimum Gasteiger partial charge on any atom is -0.477 e. The fraction of sp³-hybridized carbons (Fsp3) is 0.545. The maximum Gasteiger partial charge on any atom is 0.345 e. The van der Waals surface area contributed by atoms with E-state index in [1.54, 1.807) is 6.07 Å². The summed E-state index contributed by atoms with van der Waals surface area (Å²) in [7, 11) is 0. The van der Waals surface area contributed by atoms with Crippen LogP contribution in [0.25, 0.3) is 0 Å². The standard InChI is InChI=1S/C11H16O2S/c1-2-3-4-5-6-9-7-10(11(12)13)14-8-9/h7-8H,2-6H2,1H3,(H,12,13). The van der Waals surface area contributed by atoms with E-state index in [0.29, 0.717) is 4.88 Å². The van der Waals surface area contributed by atoms with Gasteiger partial charge in [0.2, 0.25) is 0 Å². The van der Waals surface area contributed by atoms with Gasteiger partial charge in [-0.3, -0.25) is 0 Å². The lowest BCUT2D eigenvalue weighted by Gasteiger charge is -1.96. The molecule has 0 saturated heterocycles. The molecule has 0 amide bonds. The number of unbranched alkanes of at least 4 members (excludes halogenated alkanes) is 3. The van der Waals surface area contributed by atoms with Crippen LogP contribution in [0, 0.1) is 0 Å². The van der Waals surface area contributed by atoms with E-state index in [1.165, 1.54) is 42.6 Å². The van der Waals surface area contributed by atoms with E-state index >= 15 is 0 Å². The zero-order valence-corrected chi connectivity index (χ0v) is 9.27. The number of aryl methyl sites for hydroxylation is 1. The van der Waals surface area contributed by atoms with Crippen molar-refractivity contribution in [2.24, 2.45) is 0 Å². The van der Waals surface area contributed by atoms with Crippen LogP contribution >= 0.6 is 11.3 Å². The molecule has 3 heteroatoms. The number of carbonyl (C=O) groups is 1. The molecule has 14 heavy (non-hydrogen) atoms. The van der Waals surface area contributed by atoms with E-state index < -0.39 is 5.97 Å². The van der Waals surface area contributed by atoms with Crippen LogP contribution in [0.15, 0.2) is 11.4 Å². The van der Waals surface area contributed by atoms with Gasteiger partial charge in [0, 0.05) is 0 Å². The van der Waals surface area contributed by atoms with Crippen molar-refractivity contribution < 1.29 is 9.90 Å². The Bertz CT molecular complexity index is 291. The second-order valence-corrected chi connectivity index (χ2v) is 4.35. The molecule has 1 aromatic heterocycles. The van der Waals surface area contributed by atoms with Crippen LogP contribution in [0.1, 0.15) is 47.8 Å². The predicted octanol–water partition coefficient (Wildman–Crippen LogP) is 3.57. The van der Waals surface area contributed by atoms with Gasteiger partial charge in [0.05, 0.1) is 0 Å². The van der Waals surface area contributed by atoms with Crippen molar-refractivity contribution in [2.75, 3.05) is 0 Å². The smallest absolute Gasteiger partial charge is 0.345 e. The van der Waals surface area contributed by atoms with Crippen molar-refractivity contribution >= 4 is 17.3 Å². The molecule has 78 valence electrons. The molecule has 0 aliphatic rings. The highest BCUT2D eigenvalue weighted by Gasteiger charge is 2.05. The number of thiophene rings is 1. The third-order valence-electron chi connectivity index (χ3n) is 2.18. The topological polar surface area (TPSA) is 37.3 Å². The highest BCUT2D eigenvalue weighted by molar-refractivity contribution is 7.12. The fourth-order valence-corrected chi connectivity index (χ4v) is 2.16. The normalized spacial score (nSPS) is 10.4. The molecule has 0 unspecified atom stereocenters. The second kappa shape index (κ2) is 5.81. The summed E-state index contributed by atoms with van der Waals surface area (Å²) in [6.45, 7) is 2.19. The van der Waals surface area contributed by atoms with Crippen LogP contribution in [-0.4, -0.2) is 11.1 Å². The summed E-state index contributed by atoms with van der Waals surface area (Å²) >= 11 is 1.32. The van der Waals surface area contributed by atoms with E-state index in [9.17, 15) is 4.79 Å². The van der Waals surface area contributed by atoms with Crippen molar-refractivity contribution in [3.63, 3.8) is 0 Å². The maximum absolute atomic E-state index is 10.6. The molecule has 0 aromatic carbocycles. The summed E-state index contributed by atoms with van der Waals surface area (Å²) in [5.41, 5.74) is 1.17. The van der Waals surface area contributed by atoms with Gasteiger partial charge in [0.1, 0.15) is 4.88 Å². The molecule has 0 atom stereocenters. The molecule has 0 saturated carbocycles. The molecular formula is C11H16O2S. The van der Waals surface area contributed by atoms with Gasteiger partial charge in [-0.1, -0.05) is 26.2 Å². The Hall–Kier alpha value is -0.830. The Kier molecular flexibility index (Phi) is 4.66. The Labute approximate surface area is 88.6 Å². The highest BCUT2D eigenvalue weighted by atomic mass is 32.1. The van der Waals surface area contributed by atoms with Gasteiger partial charge in [0.25, 0.3) is 0 Å². The Morgan fingerprint density at radius 1 is 1.43 bits per heavy atom. The lowest BCUT2D eigenvalue weighted by atomic mass is 10.1. The highest BCUT2D eigenvalue weighted by Crippen LogP contribution is 2.17. The average molecular weight is 212 g/mol. The summed E-state index contributed by atoms with van der Waals surface area (Å²) in [6.07, 6.45) is 5.95. The fourth-order valence-electron chi connectivity index (χ4n) is 1.37. The second-order valence-electron chi connectivity index (χ2n) is 3.44. The van der Waals surface area contributed by atoms with Crippen LogP contribution < -0.4 is 0 Å². The summed E-state index contributed by atoms with van der Waals surface area (Å²) in [4.78, 5) is 11.1. The molecular weight excluding hydrogens is 196 g/mol. The van der Waals surface area contributed by atoms with Gasteiger partial charge in [-0.05, 0) is 29.9 Å². The maximum atomic E-state index is 10.6. The summed E-state index contributed by atoms with van der Waals surface area (Å²) in [6, 6.07) is 1.79. The first-order valence-electron chi connectivity index (χ1n) is 5.04. The Morgan fingerprint density at radius 2 is 2.21 bits per heavy atom. The van der Waals surface area contributed by atoms with E-state index in [2.05, 4.69) is 6.92 Å². The number of rotatable bonds is 6. The van der Waals surface area contributed by atoms with E-state index in [1.807, 2.05) is 5.38 Å². The predicted molar refractivity (Wildman–Crippen MR) is 59.1 cm³/mol. The molecule has 0 radical (unpaired) electrons. The SMILES string of the molecule is CCCCCCc1csc(C(=O)O)c1. The third kappa shape index (κ3) is 3.50. The van der Waals surface area contributed by atoms with Crippen molar-refractivity contribution in [1.82, 2.24) is 0 Å².